The second-order valence-electron chi connectivity index (χ2n) is 7.94. The summed E-state index contributed by atoms with van der Waals surface area (Å²) >= 11 is 0. The number of rotatable bonds is 4. The van der Waals surface area contributed by atoms with Crippen molar-refractivity contribution in [2.75, 3.05) is 19.7 Å². The molecule has 0 unspecified atom stereocenters. The van der Waals surface area contributed by atoms with Gasteiger partial charge in [0, 0.05) is 25.1 Å². The smallest absolute Gasteiger partial charge is 0.306 e. The van der Waals surface area contributed by atoms with Crippen LogP contribution in [0.2, 0.25) is 0 Å². The van der Waals surface area contributed by atoms with Gasteiger partial charge in [0.1, 0.15) is 0 Å². The van der Waals surface area contributed by atoms with Crippen LogP contribution in [0.25, 0.3) is 4.85 Å². The van der Waals surface area contributed by atoms with Gasteiger partial charge in [-0.3, -0.25) is 9.59 Å². The van der Waals surface area contributed by atoms with Gasteiger partial charge in [0.25, 0.3) is 5.91 Å². The molecule has 0 aromatic heterocycles. The van der Waals surface area contributed by atoms with Crippen molar-refractivity contribution < 1.29 is 14.3 Å². The van der Waals surface area contributed by atoms with Crippen LogP contribution < -0.4 is 0 Å². The largest absolute Gasteiger partial charge is 0.466 e. The van der Waals surface area contributed by atoms with Crippen molar-refractivity contribution in [2.45, 2.75) is 51.9 Å². The number of ether oxygens (including phenoxy) is 1. The van der Waals surface area contributed by atoms with Crippen LogP contribution in [0, 0.1) is 17.9 Å². The number of amides is 1. The monoisotopic (exact) mass is 368 g/mol. The van der Waals surface area contributed by atoms with Crippen LogP contribution >= 0.6 is 0 Å². The molecule has 2 fully saturated rings. The molecule has 5 heteroatoms. The minimum absolute atomic E-state index is 0.0688. The van der Waals surface area contributed by atoms with Crippen LogP contribution in [-0.2, 0) is 9.53 Å². The molecule has 1 aliphatic heterocycles. The molecule has 1 saturated heterocycles. The van der Waals surface area contributed by atoms with E-state index in [0.29, 0.717) is 30.2 Å². The Balaban J connectivity index is 1.58. The molecule has 3 rings (SSSR count). The standard InChI is InChI=1S/C22H28N2O3/c1-3-27-20(25)15-17-9-12-22(13-10-17)11-4-14-24(16-22)21(26)18-5-7-19(23-2)8-6-18/h5-8,17H,3-4,9-16H2,1H3. The van der Waals surface area contributed by atoms with Crippen LogP contribution in [0.3, 0.4) is 0 Å². The normalized spacial score (nSPS) is 25.0. The number of esters is 1. The Morgan fingerprint density at radius 1 is 1.22 bits per heavy atom. The van der Waals surface area contributed by atoms with E-state index >= 15 is 0 Å². The first kappa shape index (κ1) is 19.4. The van der Waals surface area contributed by atoms with E-state index in [1.807, 2.05) is 11.8 Å². The lowest BCUT2D eigenvalue weighted by Gasteiger charge is -2.46. The Kier molecular flexibility index (Phi) is 6.15. The first-order valence-electron chi connectivity index (χ1n) is 9.98. The second kappa shape index (κ2) is 8.56. The van der Waals surface area contributed by atoms with Crippen LogP contribution in [0.4, 0.5) is 5.69 Å². The van der Waals surface area contributed by atoms with Crippen molar-refractivity contribution in [3.63, 3.8) is 0 Å². The maximum atomic E-state index is 12.9. The minimum atomic E-state index is -0.0817. The Morgan fingerprint density at radius 3 is 2.56 bits per heavy atom. The Bertz CT molecular complexity index is 712. The first-order valence-corrected chi connectivity index (χ1v) is 9.98. The minimum Gasteiger partial charge on any atom is -0.466 e. The van der Waals surface area contributed by atoms with Gasteiger partial charge >= 0.3 is 5.97 Å². The number of piperidine rings is 1. The highest BCUT2D eigenvalue weighted by Gasteiger charge is 2.40. The lowest BCUT2D eigenvalue weighted by molar-refractivity contribution is -0.144. The fourth-order valence-electron chi connectivity index (χ4n) is 4.60. The lowest BCUT2D eigenvalue weighted by Crippen LogP contribution is -2.47. The van der Waals surface area contributed by atoms with Crippen molar-refractivity contribution >= 4 is 17.6 Å². The highest BCUT2D eigenvalue weighted by molar-refractivity contribution is 5.94. The third-order valence-corrected chi connectivity index (χ3v) is 6.12. The number of nitrogens with zero attached hydrogens (tertiary/aromatic N) is 2. The topological polar surface area (TPSA) is 51.0 Å². The van der Waals surface area contributed by atoms with E-state index in [-0.39, 0.29) is 17.3 Å². The molecule has 0 N–H and O–H groups in total. The molecule has 1 amide bonds. The summed E-state index contributed by atoms with van der Waals surface area (Å²) in [5.41, 5.74) is 1.42. The zero-order chi connectivity index (χ0) is 19.3. The molecular weight excluding hydrogens is 340 g/mol. The van der Waals surface area contributed by atoms with E-state index in [0.717, 1.165) is 45.2 Å². The van der Waals surface area contributed by atoms with Crippen molar-refractivity contribution in [2.24, 2.45) is 11.3 Å². The van der Waals surface area contributed by atoms with Gasteiger partial charge in [-0.2, -0.15) is 0 Å². The van der Waals surface area contributed by atoms with Gasteiger partial charge < -0.3 is 9.64 Å². The fraction of sp³-hybridized carbons (Fsp3) is 0.591. The van der Waals surface area contributed by atoms with E-state index < -0.39 is 0 Å². The molecule has 144 valence electrons. The number of benzene rings is 1. The van der Waals surface area contributed by atoms with E-state index in [1.165, 1.54) is 6.42 Å². The van der Waals surface area contributed by atoms with Crippen LogP contribution in [0.1, 0.15) is 62.2 Å². The molecule has 1 aromatic carbocycles. The number of carbonyl (C=O) groups excluding carboxylic acids is 2. The molecule has 1 saturated carbocycles. The summed E-state index contributed by atoms with van der Waals surface area (Å²) in [6, 6.07) is 6.93. The van der Waals surface area contributed by atoms with E-state index in [4.69, 9.17) is 11.3 Å². The lowest BCUT2D eigenvalue weighted by atomic mass is 9.66. The fourth-order valence-corrected chi connectivity index (χ4v) is 4.60. The maximum absolute atomic E-state index is 12.9. The van der Waals surface area contributed by atoms with Crippen molar-refractivity contribution in [1.29, 1.82) is 0 Å². The second-order valence-corrected chi connectivity index (χ2v) is 7.94. The van der Waals surface area contributed by atoms with Gasteiger partial charge in [0.2, 0.25) is 0 Å². The molecule has 27 heavy (non-hydrogen) atoms. The summed E-state index contributed by atoms with van der Waals surface area (Å²) < 4.78 is 5.09. The van der Waals surface area contributed by atoms with Gasteiger partial charge in [0.15, 0.2) is 5.69 Å². The molecule has 1 spiro atoms. The highest BCUT2D eigenvalue weighted by Crippen LogP contribution is 2.46. The van der Waals surface area contributed by atoms with Gasteiger partial charge in [0.05, 0.1) is 13.2 Å². The van der Waals surface area contributed by atoms with E-state index in [9.17, 15) is 9.59 Å². The summed E-state index contributed by atoms with van der Waals surface area (Å²) in [6.07, 6.45) is 6.98. The summed E-state index contributed by atoms with van der Waals surface area (Å²) in [4.78, 5) is 30.0. The van der Waals surface area contributed by atoms with E-state index in [1.54, 1.807) is 24.3 Å². The molecule has 1 heterocycles. The quantitative estimate of drug-likeness (QED) is 0.576. The van der Waals surface area contributed by atoms with Crippen molar-refractivity contribution in [3.8, 4) is 0 Å². The predicted molar refractivity (Wildman–Crippen MR) is 103 cm³/mol. The average molecular weight is 368 g/mol. The van der Waals surface area contributed by atoms with Crippen LogP contribution in [0.5, 0.6) is 0 Å². The molecule has 1 aliphatic carbocycles. The number of likely N-dealkylation sites (tertiary alicyclic amines) is 1. The molecular formula is C22H28N2O3. The maximum Gasteiger partial charge on any atom is 0.306 e. The zero-order valence-corrected chi connectivity index (χ0v) is 16.1. The SMILES string of the molecule is [C-]#[N+]c1ccc(C(=O)N2CCCC3(CCC(CC(=O)OCC)CC3)C2)cc1. The van der Waals surface area contributed by atoms with Crippen molar-refractivity contribution in [3.05, 3.63) is 41.2 Å². The summed E-state index contributed by atoms with van der Waals surface area (Å²) in [5, 5.41) is 0. The Hall–Kier alpha value is -2.35. The molecule has 2 aliphatic rings. The van der Waals surface area contributed by atoms with E-state index in [2.05, 4.69) is 4.85 Å². The highest BCUT2D eigenvalue weighted by atomic mass is 16.5. The predicted octanol–water partition coefficient (Wildman–Crippen LogP) is 4.60. The number of hydrogen-bond acceptors (Lipinski definition) is 3. The summed E-state index contributed by atoms with van der Waals surface area (Å²) in [7, 11) is 0. The third-order valence-electron chi connectivity index (χ3n) is 6.12. The van der Waals surface area contributed by atoms with Gasteiger partial charge in [-0.25, -0.2) is 4.85 Å². The molecule has 0 bridgehead atoms. The zero-order valence-electron chi connectivity index (χ0n) is 16.1. The number of carbonyl (C=O) groups is 2. The number of hydrogen-bond donors (Lipinski definition) is 0. The summed E-state index contributed by atoms with van der Waals surface area (Å²) in [6.45, 7) is 10.9. The van der Waals surface area contributed by atoms with Gasteiger partial charge in [-0.05, 0) is 56.8 Å². The molecule has 0 atom stereocenters. The van der Waals surface area contributed by atoms with Gasteiger partial charge in [-0.1, -0.05) is 24.3 Å². The Morgan fingerprint density at radius 2 is 1.93 bits per heavy atom. The van der Waals surface area contributed by atoms with Crippen molar-refractivity contribution in [1.82, 2.24) is 4.90 Å². The van der Waals surface area contributed by atoms with Crippen LogP contribution in [-0.4, -0.2) is 36.5 Å². The first-order chi connectivity index (χ1) is 13.0. The average Bonchev–Trinajstić information content (AvgIpc) is 2.70. The van der Waals surface area contributed by atoms with Crippen LogP contribution in [0.15, 0.2) is 24.3 Å². The summed E-state index contributed by atoms with van der Waals surface area (Å²) in [5.74, 6) is 0.405. The van der Waals surface area contributed by atoms with Gasteiger partial charge in [-0.15, -0.1) is 0 Å². The Labute approximate surface area is 161 Å². The molecule has 0 radical (unpaired) electrons. The third kappa shape index (κ3) is 4.68. The molecule has 1 aromatic rings. The molecule has 5 nitrogen and oxygen atoms in total.